The molecule has 1 N–H and O–H groups in total. The second-order valence-corrected chi connectivity index (χ2v) is 6.46. The van der Waals surface area contributed by atoms with E-state index in [4.69, 9.17) is 4.42 Å². The molecule has 0 aromatic carbocycles. The van der Waals surface area contributed by atoms with Gasteiger partial charge >= 0.3 is 0 Å². The van der Waals surface area contributed by atoms with Crippen LogP contribution in [0.25, 0.3) is 11.5 Å². The smallest absolute Gasteiger partial charge is 0.227 e. The number of oxazole rings is 1. The van der Waals surface area contributed by atoms with Gasteiger partial charge in [0.05, 0.1) is 18.2 Å². The van der Waals surface area contributed by atoms with Crippen LogP contribution >= 0.6 is 22.7 Å². The van der Waals surface area contributed by atoms with Crippen LogP contribution in [0.4, 0.5) is 0 Å². The molecule has 0 saturated heterocycles. The Morgan fingerprint density at radius 2 is 2.17 bits per heavy atom. The van der Waals surface area contributed by atoms with Crippen molar-refractivity contribution < 1.29 is 9.21 Å². The highest BCUT2D eigenvalue weighted by Gasteiger charge is 2.18. The van der Waals surface area contributed by atoms with Gasteiger partial charge in [-0.2, -0.15) is 27.9 Å². The SMILES string of the molecule is Cc1oc(-c2ccsc2)nc1CC(=O)N[C@@H](C#N)c1ccsc1. The largest absolute Gasteiger partial charge is 0.441 e. The fraction of sp³-hybridized carbons (Fsp3) is 0.188. The van der Waals surface area contributed by atoms with Crippen molar-refractivity contribution in [2.24, 2.45) is 0 Å². The Labute approximate surface area is 141 Å². The summed E-state index contributed by atoms with van der Waals surface area (Å²) in [4.78, 5) is 16.6. The molecule has 3 heterocycles. The Bertz CT molecular complexity index is 829. The Hall–Kier alpha value is -2.43. The molecule has 0 aliphatic carbocycles. The lowest BCUT2D eigenvalue weighted by atomic mass is 10.1. The lowest BCUT2D eigenvalue weighted by Crippen LogP contribution is -2.29. The molecule has 1 atom stereocenters. The van der Waals surface area contributed by atoms with Gasteiger partial charge in [0.15, 0.2) is 0 Å². The van der Waals surface area contributed by atoms with Gasteiger partial charge in [-0.05, 0) is 40.8 Å². The highest BCUT2D eigenvalue weighted by molar-refractivity contribution is 7.08. The quantitative estimate of drug-likeness (QED) is 0.766. The number of amides is 1. The molecule has 0 fully saturated rings. The van der Waals surface area contributed by atoms with Gasteiger partial charge in [0.2, 0.25) is 11.8 Å². The molecule has 116 valence electrons. The summed E-state index contributed by atoms with van der Waals surface area (Å²) in [6.45, 7) is 1.78. The monoisotopic (exact) mass is 343 g/mol. The minimum Gasteiger partial charge on any atom is -0.441 e. The first-order chi connectivity index (χ1) is 11.2. The fourth-order valence-electron chi connectivity index (χ4n) is 2.10. The lowest BCUT2D eigenvalue weighted by Gasteiger charge is -2.09. The topological polar surface area (TPSA) is 78.9 Å². The van der Waals surface area contributed by atoms with E-state index in [0.29, 0.717) is 17.3 Å². The number of hydrogen-bond acceptors (Lipinski definition) is 6. The maximum absolute atomic E-state index is 12.2. The van der Waals surface area contributed by atoms with E-state index in [-0.39, 0.29) is 12.3 Å². The van der Waals surface area contributed by atoms with Gasteiger partial charge in [-0.3, -0.25) is 4.79 Å². The number of hydrogen-bond donors (Lipinski definition) is 1. The second kappa shape index (κ2) is 6.77. The molecule has 3 aromatic heterocycles. The molecule has 23 heavy (non-hydrogen) atoms. The van der Waals surface area contributed by atoms with E-state index in [1.165, 1.54) is 11.3 Å². The molecule has 0 radical (unpaired) electrons. The standard InChI is InChI=1S/C16H13N3O2S2/c1-10-13(19-16(21-10)12-3-5-23-9-12)6-15(20)18-14(7-17)11-2-4-22-8-11/h2-5,8-9,14H,6H2,1H3,(H,18,20)/t14-/m0/s1. The van der Waals surface area contributed by atoms with Crippen LogP contribution in [0.5, 0.6) is 0 Å². The minimum absolute atomic E-state index is 0.0851. The highest BCUT2D eigenvalue weighted by atomic mass is 32.1. The first-order valence-electron chi connectivity index (χ1n) is 6.87. The molecule has 0 unspecified atom stereocenters. The molecule has 0 aliphatic heterocycles. The van der Waals surface area contributed by atoms with Crippen molar-refractivity contribution in [3.05, 3.63) is 50.7 Å². The number of nitrogens with zero attached hydrogens (tertiary/aromatic N) is 2. The van der Waals surface area contributed by atoms with E-state index in [1.807, 2.05) is 33.7 Å². The van der Waals surface area contributed by atoms with E-state index in [9.17, 15) is 10.1 Å². The van der Waals surface area contributed by atoms with Gasteiger partial charge in [-0.25, -0.2) is 4.98 Å². The molecule has 7 heteroatoms. The Morgan fingerprint density at radius 1 is 1.39 bits per heavy atom. The van der Waals surface area contributed by atoms with Crippen LogP contribution in [-0.2, 0) is 11.2 Å². The lowest BCUT2D eigenvalue weighted by molar-refractivity contribution is -0.120. The van der Waals surface area contributed by atoms with Crippen molar-refractivity contribution >= 4 is 28.6 Å². The van der Waals surface area contributed by atoms with Crippen LogP contribution in [0, 0.1) is 18.3 Å². The van der Waals surface area contributed by atoms with Crippen LogP contribution in [-0.4, -0.2) is 10.9 Å². The van der Waals surface area contributed by atoms with Gasteiger partial charge in [0.1, 0.15) is 11.8 Å². The van der Waals surface area contributed by atoms with Crippen LogP contribution < -0.4 is 5.32 Å². The number of rotatable bonds is 5. The summed E-state index contributed by atoms with van der Waals surface area (Å²) in [6, 6.07) is 5.20. The van der Waals surface area contributed by atoms with Crippen molar-refractivity contribution in [1.82, 2.24) is 10.3 Å². The number of aryl methyl sites for hydroxylation is 1. The van der Waals surface area contributed by atoms with E-state index >= 15 is 0 Å². The summed E-state index contributed by atoms with van der Waals surface area (Å²) < 4.78 is 5.62. The van der Waals surface area contributed by atoms with E-state index in [0.717, 1.165) is 11.1 Å². The molecule has 0 spiro atoms. The highest BCUT2D eigenvalue weighted by Crippen LogP contribution is 2.24. The summed E-state index contributed by atoms with van der Waals surface area (Å²) >= 11 is 3.05. The van der Waals surface area contributed by atoms with Crippen LogP contribution in [0.15, 0.2) is 38.1 Å². The van der Waals surface area contributed by atoms with Crippen molar-refractivity contribution in [3.63, 3.8) is 0 Å². The molecule has 1 amide bonds. The van der Waals surface area contributed by atoms with E-state index in [2.05, 4.69) is 16.4 Å². The number of carbonyl (C=O) groups is 1. The van der Waals surface area contributed by atoms with Crippen molar-refractivity contribution in [3.8, 4) is 17.5 Å². The van der Waals surface area contributed by atoms with Crippen LogP contribution in [0.1, 0.15) is 23.1 Å². The summed E-state index contributed by atoms with van der Waals surface area (Å²) in [5, 5.41) is 19.5. The first kappa shape index (κ1) is 15.5. The van der Waals surface area contributed by atoms with E-state index in [1.54, 1.807) is 18.3 Å². The summed E-state index contributed by atoms with van der Waals surface area (Å²) in [7, 11) is 0. The molecule has 5 nitrogen and oxygen atoms in total. The zero-order valence-corrected chi connectivity index (χ0v) is 13.9. The summed E-state index contributed by atoms with van der Waals surface area (Å²) in [5.74, 6) is 0.877. The zero-order chi connectivity index (χ0) is 16.2. The third kappa shape index (κ3) is 3.50. The average molecular weight is 343 g/mol. The molecule has 3 rings (SSSR count). The summed E-state index contributed by atoms with van der Waals surface area (Å²) in [5.41, 5.74) is 2.28. The van der Waals surface area contributed by atoms with Crippen molar-refractivity contribution in [2.75, 3.05) is 0 Å². The first-order valence-corrected chi connectivity index (χ1v) is 8.76. The molecule has 0 bridgehead atoms. The minimum atomic E-state index is -0.641. The molecule has 3 aromatic rings. The van der Waals surface area contributed by atoms with Crippen LogP contribution in [0.2, 0.25) is 0 Å². The third-order valence-corrected chi connectivity index (χ3v) is 4.68. The average Bonchev–Trinajstić information content (AvgIpc) is 3.27. The Morgan fingerprint density at radius 3 is 2.83 bits per heavy atom. The molecular formula is C16H13N3O2S2. The molecular weight excluding hydrogens is 330 g/mol. The third-order valence-electron chi connectivity index (χ3n) is 3.30. The van der Waals surface area contributed by atoms with Crippen LogP contribution in [0.3, 0.4) is 0 Å². The molecule has 0 aliphatic rings. The number of aromatic nitrogens is 1. The normalized spacial score (nSPS) is 11.8. The predicted octanol–water partition coefficient (Wildman–Crippen LogP) is 3.70. The number of carbonyl (C=O) groups excluding carboxylic acids is 1. The van der Waals surface area contributed by atoms with Gasteiger partial charge in [-0.1, -0.05) is 0 Å². The van der Waals surface area contributed by atoms with Crippen molar-refractivity contribution in [1.29, 1.82) is 5.26 Å². The number of thiophene rings is 2. The molecule has 0 saturated carbocycles. The van der Waals surface area contributed by atoms with E-state index < -0.39 is 6.04 Å². The predicted molar refractivity (Wildman–Crippen MR) is 89.1 cm³/mol. The Kier molecular flexibility index (Phi) is 4.55. The second-order valence-electron chi connectivity index (χ2n) is 4.90. The van der Waals surface area contributed by atoms with Gasteiger partial charge in [0.25, 0.3) is 0 Å². The van der Waals surface area contributed by atoms with Crippen molar-refractivity contribution in [2.45, 2.75) is 19.4 Å². The van der Waals surface area contributed by atoms with Gasteiger partial charge in [0, 0.05) is 10.9 Å². The van der Waals surface area contributed by atoms with Gasteiger partial charge < -0.3 is 9.73 Å². The maximum atomic E-state index is 12.2. The summed E-state index contributed by atoms with van der Waals surface area (Å²) in [6.07, 6.45) is 0.0851. The number of nitrogens with one attached hydrogen (secondary N) is 1. The fourth-order valence-corrected chi connectivity index (χ4v) is 3.41. The zero-order valence-electron chi connectivity index (χ0n) is 12.3. The Balaban J connectivity index is 1.70. The maximum Gasteiger partial charge on any atom is 0.227 e. The van der Waals surface area contributed by atoms with Gasteiger partial charge in [-0.15, -0.1) is 0 Å². The number of nitriles is 1.